The van der Waals surface area contributed by atoms with Crippen LogP contribution < -0.4 is 0 Å². The molecule has 6 nitrogen and oxygen atoms in total. The maximum Gasteiger partial charge on any atom is 0.310 e. The number of rotatable bonds is 5. The van der Waals surface area contributed by atoms with Crippen LogP contribution >= 0.6 is 0 Å². The van der Waals surface area contributed by atoms with Crippen LogP contribution in [0.5, 0.6) is 11.5 Å². The first-order valence-corrected chi connectivity index (χ1v) is 8.23. The maximum atomic E-state index is 11.4. The zero-order valence-corrected chi connectivity index (χ0v) is 14.7. The number of phenolic OH excluding ortho intramolecular Hbond substituents is 2. The van der Waals surface area contributed by atoms with Gasteiger partial charge in [0.15, 0.2) is 0 Å². The second kappa shape index (κ2) is 8.14. The minimum absolute atomic E-state index is 0.0140. The van der Waals surface area contributed by atoms with Gasteiger partial charge in [-0.2, -0.15) is 10.2 Å². The van der Waals surface area contributed by atoms with Gasteiger partial charge in [0.2, 0.25) is 0 Å². The Morgan fingerprint density at radius 3 is 2.30 bits per heavy atom. The highest BCUT2D eigenvalue weighted by molar-refractivity contribution is 5.91. The highest BCUT2D eigenvalue weighted by atomic mass is 16.5. The van der Waals surface area contributed by atoms with Crippen LogP contribution in [0.2, 0.25) is 0 Å². The summed E-state index contributed by atoms with van der Waals surface area (Å²) in [6.45, 7) is 0. The molecular formula is C21H18N2O4. The van der Waals surface area contributed by atoms with E-state index < -0.39 is 5.97 Å². The van der Waals surface area contributed by atoms with Gasteiger partial charge in [-0.1, -0.05) is 18.2 Å². The number of carbonyl (C=O) groups excluding carboxylic acids is 1. The normalized spacial score (nSPS) is 11.4. The number of nitrogens with zero attached hydrogens (tertiary/aromatic N) is 2. The Kier molecular flexibility index (Phi) is 5.47. The second-order valence-electron chi connectivity index (χ2n) is 5.92. The molecule has 2 N–H and O–H groups in total. The van der Waals surface area contributed by atoms with Crippen molar-refractivity contribution in [3.63, 3.8) is 0 Å². The lowest BCUT2D eigenvalue weighted by Crippen LogP contribution is -2.05. The van der Waals surface area contributed by atoms with Crippen molar-refractivity contribution in [2.24, 2.45) is 10.2 Å². The van der Waals surface area contributed by atoms with Crippen molar-refractivity contribution in [3.05, 3.63) is 71.3 Å². The lowest BCUT2D eigenvalue weighted by molar-refractivity contribution is -0.139. The molecule has 3 aromatic carbocycles. The van der Waals surface area contributed by atoms with Crippen LogP contribution in [0.25, 0.3) is 10.8 Å². The van der Waals surface area contributed by atoms with Crippen molar-refractivity contribution in [3.8, 4) is 11.5 Å². The Hall–Kier alpha value is -3.67. The number of hydrogen-bond donors (Lipinski definition) is 2. The minimum Gasteiger partial charge on any atom is -0.508 e. The molecular weight excluding hydrogens is 344 g/mol. The highest BCUT2D eigenvalue weighted by Crippen LogP contribution is 2.21. The number of methoxy groups -OCH3 is 1. The minimum atomic E-state index is -0.429. The Bertz CT molecular complexity index is 1040. The first-order chi connectivity index (χ1) is 13.0. The van der Waals surface area contributed by atoms with E-state index in [-0.39, 0.29) is 17.9 Å². The Balaban J connectivity index is 1.72. The van der Waals surface area contributed by atoms with Crippen molar-refractivity contribution in [1.82, 2.24) is 0 Å². The Morgan fingerprint density at radius 1 is 0.926 bits per heavy atom. The topological polar surface area (TPSA) is 91.5 Å². The van der Waals surface area contributed by atoms with Crippen LogP contribution in [0.3, 0.4) is 0 Å². The monoisotopic (exact) mass is 362 g/mol. The van der Waals surface area contributed by atoms with Gasteiger partial charge in [-0.15, -0.1) is 0 Å². The quantitative estimate of drug-likeness (QED) is 0.413. The molecule has 0 aliphatic heterocycles. The molecule has 0 bridgehead atoms. The number of phenols is 2. The Morgan fingerprint density at radius 2 is 1.56 bits per heavy atom. The highest BCUT2D eigenvalue weighted by Gasteiger charge is 2.08. The summed E-state index contributed by atoms with van der Waals surface area (Å²) in [6.07, 6.45) is 3.15. The van der Waals surface area contributed by atoms with Crippen LogP contribution in [0.15, 0.2) is 64.8 Å². The molecule has 0 aromatic heterocycles. The zero-order chi connectivity index (χ0) is 19.2. The molecule has 0 aliphatic rings. The van der Waals surface area contributed by atoms with Crippen LogP contribution in [0, 0.1) is 0 Å². The van der Waals surface area contributed by atoms with Gasteiger partial charge in [-0.05, 0) is 58.3 Å². The fraction of sp³-hybridized carbons (Fsp3) is 0.0952. The Labute approximate surface area is 156 Å². The molecule has 0 aliphatic carbocycles. The second-order valence-corrected chi connectivity index (χ2v) is 5.92. The predicted molar refractivity (Wildman–Crippen MR) is 105 cm³/mol. The number of benzene rings is 3. The van der Waals surface area contributed by atoms with E-state index >= 15 is 0 Å². The molecule has 0 heterocycles. The van der Waals surface area contributed by atoms with Crippen molar-refractivity contribution in [2.45, 2.75) is 6.42 Å². The van der Waals surface area contributed by atoms with Crippen molar-refractivity contribution >= 4 is 29.2 Å². The number of carbonyl (C=O) groups is 1. The van der Waals surface area contributed by atoms with E-state index in [1.165, 1.54) is 19.4 Å². The van der Waals surface area contributed by atoms with Gasteiger partial charge in [0.1, 0.15) is 11.5 Å². The fourth-order valence-corrected chi connectivity index (χ4v) is 2.59. The smallest absolute Gasteiger partial charge is 0.310 e. The van der Waals surface area contributed by atoms with Crippen LogP contribution in [-0.2, 0) is 16.0 Å². The van der Waals surface area contributed by atoms with E-state index in [0.29, 0.717) is 11.1 Å². The van der Waals surface area contributed by atoms with Crippen LogP contribution in [0.4, 0.5) is 0 Å². The van der Waals surface area contributed by atoms with Gasteiger partial charge in [0.05, 0.1) is 26.0 Å². The number of ether oxygens (including phenoxy) is 1. The number of hydrogen-bond acceptors (Lipinski definition) is 6. The molecule has 0 unspecified atom stereocenters. The molecule has 27 heavy (non-hydrogen) atoms. The van der Waals surface area contributed by atoms with Crippen molar-refractivity contribution in [2.75, 3.05) is 7.11 Å². The van der Waals surface area contributed by atoms with Gasteiger partial charge in [-0.25, -0.2) is 0 Å². The summed E-state index contributed by atoms with van der Waals surface area (Å²) >= 11 is 0. The van der Waals surface area contributed by atoms with E-state index in [1.807, 2.05) is 24.3 Å². The number of esters is 1. The lowest BCUT2D eigenvalue weighted by atomic mass is 10.1. The largest absolute Gasteiger partial charge is 0.508 e. The van der Waals surface area contributed by atoms with E-state index in [0.717, 1.165) is 16.3 Å². The average molecular weight is 362 g/mol. The van der Waals surface area contributed by atoms with Gasteiger partial charge < -0.3 is 14.9 Å². The predicted octanol–water partition coefficient (Wildman–Crippen LogP) is 3.42. The van der Waals surface area contributed by atoms with Gasteiger partial charge in [0.25, 0.3) is 0 Å². The molecule has 0 fully saturated rings. The van der Waals surface area contributed by atoms with Gasteiger partial charge in [-0.3, -0.25) is 4.79 Å². The third-order valence-electron chi connectivity index (χ3n) is 3.99. The van der Waals surface area contributed by atoms with Crippen molar-refractivity contribution < 1.29 is 19.7 Å². The number of fused-ring (bicyclic) bond motifs is 1. The molecule has 0 saturated heterocycles. The summed E-state index contributed by atoms with van der Waals surface area (Å²) in [5.74, 6) is -0.167. The number of aromatic hydroxyl groups is 2. The first-order valence-electron chi connectivity index (χ1n) is 8.23. The van der Waals surface area contributed by atoms with E-state index in [9.17, 15) is 15.0 Å². The van der Waals surface area contributed by atoms with Crippen molar-refractivity contribution in [1.29, 1.82) is 0 Å². The maximum absolute atomic E-state index is 11.4. The molecule has 0 amide bonds. The third-order valence-corrected chi connectivity index (χ3v) is 3.99. The molecule has 136 valence electrons. The van der Waals surface area contributed by atoms with E-state index in [4.69, 9.17) is 0 Å². The van der Waals surface area contributed by atoms with E-state index in [2.05, 4.69) is 14.9 Å². The summed E-state index contributed by atoms with van der Waals surface area (Å²) in [6, 6.07) is 15.7. The molecule has 0 saturated carbocycles. The molecule has 0 atom stereocenters. The summed E-state index contributed by atoms with van der Waals surface area (Å²) in [5, 5.41) is 29.3. The summed E-state index contributed by atoms with van der Waals surface area (Å²) in [7, 11) is 1.30. The lowest BCUT2D eigenvalue weighted by Gasteiger charge is -2.04. The molecule has 0 spiro atoms. The van der Waals surface area contributed by atoms with Crippen LogP contribution in [-0.4, -0.2) is 35.7 Å². The van der Waals surface area contributed by atoms with Crippen LogP contribution in [0.1, 0.15) is 16.7 Å². The summed E-state index contributed by atoms with van der Waals surface area (Å²) in [5.41, 5.74) is 2.05. The molecule has 0 radical (unpaired) electrons. The van der Waals surface area contributed by atoms with Gasteiger partial charge >= 0.3 is 5.97 Å². The summed E-state index contributed by atoms with van der Waals surface area (Å²) in [4.78, 5) is 11.4. The molecule has 3 rings (SSSR count). The average Bonchev–Trinajstić information content (AvgIpc) is 2.67. The molecule has 6 heteroatoms. The standard InChI is InChI=1S/C21H18N2O4/c1-27-21(26)11-18-9-15(3-7-20(18)25)13-23-22-12-14-2-4-17-10-19(24)6-5-16(17)8-14/h2-10,12-13,24-25H,11H2,1H3/b22-12+,23-13+. The molecule has 3 aromatic rings. The summed E-state index contributed by atoms with van der Waals surface area (Å²) < 4.78 is 4.61. The zero-order valence-electron chi connectivity index (χ0n) is 14.7. The SMILES string of the molecule is COC(=O)Cc1cc(/C=N/N=C/c2ccc3cc(O)ccc3c2)ccc1O. The fourth-order valence-electron chi connectivity index (χ4n) is 2.59. The van der Waals surface area contributed by atoms with E-state index in [1.54, 1.807) is 30.5 Å². The third kappa shape index (κ3) is 4.70. The first kappa shape index (κ1) is 18.1. The van der Waals surface area contributed by atoms with Gasteiger partial charge in [0, 0.05) is 5.56 Å².